The lowest BCUT2D eigenvalue weighted by Gasteiger charge is -2.38. The number of amides is 4. The maximum atomic E-state index is 13.3. The van der Waals surface area contributed by atoms with E-state index in [1.165, 1.54) is 0 Å². The van der Waals surface area contributed by atoms with E-state index < -0.39 is 12.1 Å². The van der Waals surface area contributed by atoms with Crippen molar-refractivity contribution in [2.24, 2.45) is 0 Å². The maximum absolute atomic E-state index is 13.3. The lowest BCUT2D eigenvalue weighted by Crippen LogP contribution is -2.54. The van der Waals surface area contributed by atoms with Gasteiger partial charge in [0.05, 0.1) is 13.3 Å². The number of benzene rings is 1. The summed E-state index contributed by atoms with van der Waals surface area (Å²) in [5.74, 6) is 0.0198. The van der Waals surface area contributed by atoms with Gasteiger partial charge in [0.1, 0.15) is 11.7 Å². The number of nitrogens with zero attached hydrogens (tertiary/aromatic N) is 4. The Balaban J connectivity index is 1.31. The van der Waals surface area contributed by atoms with E-state index in [4.69, 9.17) is 11.6 Å². The molecule has 0 aliphatic carbocycles. The number of hydrogen-bond acceptors (Lipinski definition) is 5. The molecule has 1 aromatic carbocycles. The van der Waals surface area contributed by atoms with Gasteiger partial charge in [0.2, 0.25) is 5.91 Å². The van der Waals surface area contributed by atoms with E-state index in [9.17, 15) is 14.4 Å². The van der Waals surface area contributed by atoms with Crippen molar-refractivity contribution in [3.63, 3.8) is 0 Å². The van der Waals surface area contributed by atoms with Gasteiger partial charge in [-0.2, -0.15) is 0 Å². The molecule has 2 N–H and O–H groups in total. The Morgan fingerprint density at radius 1 is 1.15 bits per heavy atom. The minimum absolute atomic E-state index is 0.0594. The summed E-state index contributed by atoms with van der Waals surface area (Å²) in [4.78, 5) is 46.5. The molecule has 1 unspecified atom stereocenters. The number of anilines is 1. The molecule has 0 spiro atoms. The number of likely N-dealkylation sites (tertiary alicyclic amines) is 1. The van der Waals surface area contributed by atoms with Crippen molar-refractivity contribution in [3.05, 3.63) is 41.2 Å². The zero-order valence-electron chi connectivity index (χ0n) is 19.8. The fourth-order valence-electron chi connectivity index (χ4n) is 4.81. The zero-order chi connectivity index (χ0) is 24.2. The standard InChI is InChI=1S/C24H33ClN6O3/c1-3-4-5-20(27-24(34)26-18-8-6-17(25)7-9-18)22(32)29-12-10-19(11-13-29)31-16-30-15-28(2)14-21(30)23(31)33/h6-9,14,19-20H,3-5,10-13,15-16H2,1-2H3,(H2,26,27,34). The van der Waals surface area contributed by atoms with Crippen LogP contribution < -0.4 is 10.6 Å². The van der Waals surface area contributed by atoms with Crippen LogP contribution in [0.2, 0.25) is 5.02 Å². The van der Waals surface area contributed by atoms with E-state index in [2.05, 4.69) is 22.5 Å². The first kappa shape index (κ1) is 24.2. The number of unbranched alkanes of at least 4 members (excludes halogenated alkanes) is 1. The maximum Gasteiger partial charge on any atom is 0.319 e. The summed E-state index contributed by atoms with van der Waals surface area (Å²) in [6, 6.07) is 5.97. The average molecular weight is 489 g/mol. The normalized spacial score (nSPS) is 19.3. The van der Waals surface area contributed by atoms with E-state index in [0.29, 0.717) is 36.9 Å². The molecule has 0 aromatic heterocycles. The fraction of sp³-hybridized carbons (Fsp3) is 0.542. The zero-order valence-corrected chi connectivity index (χ0v) is 20.6. The first-order chi connectivity index (χ1) is 16.4. The van der Waals surface area contributed by atoms with Crippen LogP contribution in [0.25, 0.3) is 0 Å². The van der Waals surface area contributed by atoms with Crippen molar-refractivity contribution < 1.29 is 14.4 Å². The highest BCUT2D eigenvalue weighted by Gasteiger charge is 2.41. The van der Waals surface area contributed by atoms with Gasteiger partial charge in [-0.15, -0.1) is 0 Å². The van der Waals surface area contributed by atoms with Gasteiger partial charge in [-0.3, -0.25) is 9.59 Å². The van der Waals surface area contributed by atoms with Gasteiger partial charge in [-0.1, -0.05) is 31.4 Å². The number of fused-ring (bicyclic) bond motifs is 1. The van der Waals surface area contributed by atoms with Crippen molar-refractivity contribution >= 4 is 35.1 Å². The fourth-order valence-corrected chi connectivity index (χ4v) is 4.93. The van der Waals surface area contributed by atoms with Crippen LogP contribution in [0.4, 0.5) is 10.5 Å². The number of hydrogen-bond donors (Lipinski definition) is 2. The second kappa shape index (κ2) is 10.5. The lowest BCUT2D eigenvalue weighted by molar-refractivity contribution is -0.135. The van der Waals surface area contributed by atoms with Crippen molar-refractivity contribution in [2.75, 3.05) is 38.8 Å². The molecule has 9 nitrogen and oxygen atoms in total. The number of piperidine rings is 1. The topological polar surface area (TPSA) is 88.2 Å². The van der Waals surface area contributed by atoms with E-state index >= 15 is 0 Å². The molecule has 0 saturated carbocycles. The molecule has 3 heterocycles. The van der Waals surface area contributed by atoms with E-state index in [1.54, 1.807) is 24.3 Å². The first-order valence-corrected chi connectivity index (χ1v) is 12.3. The van der Waals surface area contributed by atoms with Crippen LogP contribution >= 0.6 is 11.6 Å². The summed E-state index contributed by atoms with van der Waals surface area (Å²) in [7, 11) is 1.96. The minimum Gasteiger partial charge on any atom is -0.361 e. The van der Waals surface area contributed by atoms with Crippen molar-refractivity contribution in [3.8, 4) is 0 Å². The van der Waals surface area contributed by atoms with Gasteiger partial charge >= 0.3 is 6.03 Å². The van der Waals surface area contributed by atoms with E-state index in [-0.39, 0.29) is 17.9 Å². The summed E-state index contributed by atoms with van der Waals surface area (Å²) < 4.78 is 0. The van der Waals surface area contributed by atoms with Crippen LogP contribution in [0, 0.1) is 0 Å². The number of urea groups is 1. The molecule has 1 atom stereocenters. The van der Waals surface area contributed by atoms with Gasteiger partial charge in [0, 0.05) is 43.1 Å². The van der Waals surface area contributed by atoms with Gasteiger partial charge in [-0.05, 0) is 43.5 Å². The summed E-state index contributed by atoms with van der Waals surface area (Å²) in [6.45, 7) is 4.56. The van der Waals surface area contributed by atoms with Crippen molar-refractivity contribution in [1.29, 1.82) is 0 Å². The van der Waals surface area contributed by atoms with Crippen molar-refractivity contribution in [2.45, 2.75) is 51.1 Å². The summed E-state index contributed by atoms with van der Waals surface area (Å²) in [6.07, 6.45) is 5.75. The van der Waals surface area contributed by atoms with Gasteiger partial charge in [-0.25, -0.2) is 4.79 Å². The van der Waals surface area contributed by atoms with Crippen LogP contribution in [0.3, 0.4) is 0 Å². The van der Waals surface area contributed by atoms with Crippen LogP contribution in [0.5, 0.6) is 0 Å². The SMILES string of the molecule is CCCCC(NC(=O)Nc1ccc(Cl)cc1)C(=O)N1CCC(N2CN3CN(C)C=C3C2=O)CC1. The predicted octanol–water partition coefficient (Wildman–Crippen LogP) is 2.86. The molecule has 0 bridgehead atoms. The second-order valence-electron chi connectivity index (χ2n) is 9.23. The Kier molecular flexibility index (Phi) is 7.50. The third-order valence-corrected chi connectivity index (χ3v) is 6.90. The molecule has 34 heavy (non-hydrogen) atoms. The Hall–Kier alpha value is -2.94. The number of nitrogens with one attached hydrogen (secondary N) is 2. The first-order valence-electron chi connectivity index (χ1n) is 12.0. The monoisotopic (exact) mass is 488 g/mol. The third-order valence-electron chi connectivity index (χ3n) is 6.65. The van der Waals surface area contributed by atoms with Gasteiger partial charge in [0.15, 0.2) is 0 Å². The number of rotatable bonds is 7. The largest absolute Gasteiger partial charge is 0.361 e. The lowest BCUT2D eigenvalue weighted by atomic mass is 10.0. The Morgan fingerprint density at radius 3 is 2.50 bits per heavy atom. The minimum atomic E-state index is -0.580. The molecule has 1 aromatic rings. The third kappa shape index (κ3) is 5.41. The molecule has 2 saturated heterocycles. The molecule has 3 aliphatic rings. The highest BCUT2D eigenvalue weighted by atomic mass is 35.5. The quantitative estimate of drug-likeness (QED) is 0.616. The van der Waals surface area contributed by atoms with Crippen LogP contribution in [-0.4, -0.2) is 83.0 Å². The number of halogens is 1. The van der Waals surface area contributed by atoms with Crippen LogP contribution in [0.15, 0.2) is 36.2 Å². The van der Waals surface area contributed by atoms with E-state index in [1.807, 2.05) is 27.9 Å². The van der Waals surface area contributed by atoms with E-state index in [0.717, 1.165) is 38.0 Å². The average Bonchev–Trinajstić information content (AvgIpc) is 3.34. The van der Waals surface area contributed by atoms with Crippen LogP contribution in [0.1, 0.15) is 39.0 Å². The number of carbonyl (C=O) groups excluding carboxylic acids is 3. The number of carbonyl (C=O) groups is 3. The van der Waals surface area contributed by atoms with Crippen LogP contribution in [-0.2, 0) is 9.59 Å². The second-order valence-corrected chi connectivity index (χ2v) is 9.66. The van der Waals surface area contributed by atoms with Gasteiger partial charge in [0.25, 0.3) is 5.91 Å². The molecule has 10 heteroatoms. The molecule has 0 radical (unpaired) electrons. The van der Waals surface area contributed by atoms with Gasteiger partial charge < -0.3 is 30.2 Å². The molecule has 2 fully saturated rings. The Morgan fingerprint density at radius 2 is 1.85 bits per heavy atom. The Bertz CT molecular complexity index is 945. The smallest absolute Gasteiger partial charge is 0.319 e. The van der Waals surface area contributed by atoms with Crippen molar-refractivity contribution in [1.82, 2.24) is 24.9 Å². The Labute approximate surface area is 205 Å². The molecular formula is C24H33ClN6O3. The highest BCUT2D eigenvalue weighted by Crippen LogP contribution is 2.29. The molecule has 184 valence electrons. The summed E-state index contributed by atoms with van der Waals surface area (Å²) >= 11 is 5.90. The summed E-state index contributed by atoms with van der Waals surface area (Å²) in [5.41, 5.74) is 1.37. The molecule has 3 aliphatic heterocycles. The highest BCUT2D eigenvalue weighted by molar-refractivity contribution is 6.30. The molecular weight excluding hydrogens is 456 g/mol. The molecule has 4 amide bonds. The predicted molar refractivity (Wildman–Crippen MR) is 131 cm³/mol. The summed E-state index contributed by atoms with van der Waals surface area (Å²) in [5, 5.41) is 6.22. The molecule has 4 rings (SSSR count).